The van der Waals surface area contributed by atoms with Crippen molar-refractivity contribution >= 4 is 0 Å². The summed E-state index contributed by atoms with van der Waals surface area (Å²) < 4.78 is 19.3. The predicted molar refractivity (Wildman–Crippen MR) is 69.0 cm³/mol. The van der Waals surface area contributed by atoms with Crippen molar-refractivity contribution in [2.45, 2.75) is 6.10 Å². The average Bonchev–Trinajstić information content (AvgIpc) is 2.49. The van der Waals surface area contributed by atoms with Crippen LogP contribution in [0.2, 0.25) is 0 Å². The first-order valence-electron chi connectivity index (χ1n) is 6.25. The molecule has 1 fully saturated rings. The fourth-order valence-electron chi connectivity index (χ4n) is 2.08. The molecule has 3 rings (SSSR count). The number of hydrogen-bond donors (Lipinski definition) is 1. The Morgan fingerprint density at radius 1 is 1.26 bits per heavy atom. The minimum absolute atomic E-state index is 0.166. The standard InChI is InChI=1S/C14H14FN3O/c15-11-4-2-1-3-10(11)12-5-6-17-14(18-12)13-9-16-7-8-19-13/h1-6,13,16H,7-9H2. The molecule has 19 heavy (non-hydrogen) atoms. The van der Waals surface area contributed by atoms with E-state index in [1.165, 1.54) is 6.07 Å². The molecule has 5 heteroatoms. The van der Waals surface area contributed by atoms with Crippen molar-refractivity contribution in [1.82, 2.24) is 15.3 Å². The van der Waals surface area contributed by atoms with Crippen LogP contribution in [0.25, 0.3) is 11.3 Å². The van der Waals surface area contributed by atoms with E-state index in [1.807, 2.05) is 0 Å². The van der Waals surface area contributed by atoms with Crippen LogP contribution in [0.15, 0.2) is 36.5 Å². The normalized spacial score (nSPS) is 19.3. The number of rotatable bonds is 2. The highest BCUT2D eigenvalue weighted by Crippen LogP contribution is 2.22. The zero-order valence-electron chi connectivity index (χ0n) is 10.3. The summed E-state index contributed by atoms with van der Waals surface area (Å²) in [6.07, 6.45) is 1.47. The molecule has 1 aliphatic rings. The van der Waals surface area contributed by atoms with Gasteiger partial charge in [0.05, 0.1) is 12.3 Å². The van der Waals surface area contributed by atoms with Gasteiger partial charge in [0.2, 0.25) is 0 Å². The smallest absolute Gasteiger partial charge is 0.159 e. The molecule has 0 amide bonds. The van der Waals surface area contributed by atoms with E-state index in [4.69, 9.17) is 4.74 Å². The first-order valence-corrected chi connectivity index (χ1v) is 6.25. The summed E-state index contributed by atoms with van der Waals surface area (Å²) in [4.78, 5) is 8.63. The third kappa shape index (κ3) is 2.62. The summed E-state index contributed by atoms with van der Waals surface area (Å²) in [5.74, 6) is 0.308. The molecule has 0 bridgehead atoms. The van der Waals surface area contributed by atoms with Crippen LogP contribution >= 0.6 is 0 Å². The minimum atomic E-state index is -0.283. The van der Waals surface area contributed by atoms with Crippen LogP contribution in [0.3, 0.4) is 0 Å². The quantitative estimate of drug-likeness (QED) is 0.895. The number of benzene rings is 1. The number of nitrogens with one attached hydrogen (secondary N) is 1. The second-order valence-electron chi connectivity index (χ2n) is 4.34. The van der Waals surface area contributed by atoms with Gasteiger partial charge in [0.25, 0.3) is 0 Å². The second kappa shape index (κ2) is 5.42. The number of halogens is 1. The molecule has 0 spiro atoms. The van der Waals surface area contributed by atoms with Crippen molar-refractivity contribution in [3.05, 3.63) is 48.2 Å². The molecule has 0 radical (unpaired) electrons. The van der Waals surface area contributed by atoms with Gasteiger partial charge in [0, 0.05) is 24.8 Å². The fourth-order valence-corrected chi connectivity index (χ4v) is 2.08. The Bertz CT molecular complexity index is 570. The summed E-state index contributed by atoms with van der Waals surface area (Å²) in [5, 5.41) is 3.22. The van der Waals surface area contributed by atoms with E-state index < -0.39 is 0 Å². The predicted octanol–water partition coefficient (Wildman–Crippen LogP) is 1.94. The lowest BCUT2D eigenvalue weighted by atomic mass is 10.1. The van der Waals surface area contributed by atoms with Crippen LogP contribution in [-0.2, 0) is 4.74 Å². The molecule has 1 unspecified atom stereocenters. The van der Waals surface area contributed by atoms with Crippen LogP contribution in [0.4, 0.5) is 4.39 Å². The zero-order chi connectivity index (χ0) is 13.1. The zero-order valence-corrected chi connectivity index (χ0v) is 10.3. The maximum Gasteiger partial charge on any atom is 0.159 e. The van der Waals surface area contributed by atoms with E-state index in [-0.39, 0.29) is 11.9 Å². The number of ether oxygens (including phenoxy) is 1. The molecule has 4 nitrogen and oxygen atoms in total. The molecule has 98 valence electrons. The van der Waals surface area contributed by atoms with Crippen molar-refractivity contribution in [2.24, 2.45) is 0 Å². The Hall–Kier alpha value is -1.85. The van der Waals surface area contributed by atoms with Gasteiger partial charge in [-0.2, -0.15) is 0 Å². The topological polar surface area (TPSA) is 47.0 Å². The SMILES string of the molecule is Fc1ccccc1-c1ccnc(C2CNCCO2)n1. The molecular weight excluding hydrogens is 245 g/mol. The molecule has 1 aromatic carbocycles. The van der Waals surface area contributed by atoms with Crippen LogP contribution in [0.5, 0.6) is 0 Å². The first kappa shape index (κ1) is 12.2. The van der Waals surface area contributed by atoms with Gasteiger partial charge in [-0.05, 0) is 18.2 Å². The molecular formula is C14H14FN3O. The van der Waals surface area contributed by atoms with E-state index >= 15 is 0 Å². The lowest BCUT2D eigenvalue weighted by Gasteiger charge is -2.22. The number of nitrogens with zero attached hydrogens (tertiary/aromatic N) is 2. The van der Waals surface area contributed by atoms with Crippen molar-refractivity contribution in [1.29, 1.82) is 0 Å². The van der Waals surface area contributed by atoms with Gasteiger partial charge in [-0.3, -0.25) is 0 Å². The molecule has 0 saturated carbocycles. The molecule has 2 aromatic rings. The highest BCUT2D eigenvalue weighted by atomic mass is 19.1. The third-order valence-electron chi connectivity index (χ3n) is 3.04. The van der Waals surface area contributed by atoms with Gasteiger partial charge < -0.3 is 10.1 Å². The lowest BCUT2D eigenvalue weighted by Crippen LogP contribution is -2.34. The molecule has 1 aliphatic heterocycles. The highest BCUT2D eigenvalue weighted by Gasteiger charge is 2.19. The van der Waals surface area contributed by atoms with Gasteiger partial charge in [-0.15, -0.1) is 0 Å². The molecule has 1 N–H and O–H groups in total. The van der Waals surface area contributed by atoms with Crippen molar-refractivity contribution < 1.29 is 9.13 Å². The number of aromatic nitrogens is 2. The summed E-state index contributed by atoms with van der Waals surface area (Å²) >= 11 is 0. The van der Waals surface area contributed by atoms with Gasteiger partial charge in [0.15, 0.2) is 5.82 Å². The Labute approximate surface area is 110 Å². The Morgan fingerprint density at radius 2 is 2.16 bits per heavy atom. The number of hydrogen-bond acceptors (Lipinski definition) is 4. The fraction of sp³-hybridized carbons (Fsp3) is 0.286. The van der Waals surface area contributed by atoms with Crippen molar-refractivity contribution in [3.8, 4) is 11.3 Å². The Balaban J connectivity index is 1.93. The number of morpholine rings is 1. The lowest BCUT2D eigenvalue weighted by molar-refractivity contribution is 0.0222. The van der Waals surface area contributed by atoms with Crippen LogP contribution in [0, 0.1) is 5.82 Å². The van der Waals surface area contributed by atoms with E-state index in [0.29, 0.717) is 30.2 Å². The van der Waals surface area contributed by atoms with Crippen LogP contribution in [0.1, 0.15) is 11.9 Å². The first-order chi connectivity index (χ1) is 9.34. The van der Waals surface area contributed by atoms with E-state index in [9.17, 15) is 4.39 Å². The van der Waals surface area contributed by atoms with Crippen LogP contribution in [-0.4, -0.2) is 29.7 Å². The van der Waals surface area contributed by atoms with E-state index in [2.05, 4.69) is 15.3 Å². The van der Waals surface area contributed by atoms with E-state index in [1.54, 1.807) is 30.5 Å². The summed E-state index contributed by atoms with van der Waals surface area (Å²) in [7, 11) is 0. The van der Waals surface area contributed by atoms with Crippen molar-refractivity contribution in [2.75, 3.05) is 19.7 Å². The minimum Gasteiger partial charge on any atom is -0.368 e. The molecule has 1 aromatic heterocycles. The summed E-state index contributed by atoms with van der Waals surface area (Å²) in [6.45, 7) is 2.15. The monoisotopic (exact) mass is 259 g/mol. The second-order valence-corrected chi connectivity index (χ2v) is 4.34. The highest BCUT2D eigenvalue weighted by molar-refractivity contribution is 5.59. The largest absolute Gasteiger partial charge is 0.368 e. The Kier molecular flexibility index (Phi) is 3.48. The molecule has 2 heterocycles. The van der Waals surface area contributed by atoms with Gasteiger partial charge >= 0.3 is 0 Å². The Morgan fingerprint density at radius 3 is 2.95 bits per heavy atom. The maximum atomic E-state index is 13.7. The van der Waals surface area contributed by atoms with Gasteiger partial charge in [-0.1, -0.05) is 12.1 Å². The molecule has 1 atom stereocenters. The molecule has 0 aliphatic carbocycles. The van der Waals surface area contributed by atoms with E-state index in [0.717, 1.165) is 6.54 Å². The molecule has 1 saturated heterocycles. The van der Waals surface area contributed by atoms with Crippen LogP contribution < -0.4 is 5.32 Å². The maximum absolute atomic E-state index is 13.7. The van der Waals surface area contributed by atoms with Gasteiger partial charge in [0.1, 0.15) is 11.9 Å². The average molecular weight is 259 g/mol. The summed E-state index contributed by atoms with van der Waals surface area (Å²) in [6, 6.07) is 8.29. The van der Waals surface area contributed by atoms with Gasteiger partial charge in [-0.25, -0.2) is 14.4 Å². The third-order valence-corrected chi connectivity index (χ3v) is 3.04. The summed E-state index contributed by atoms with van der Waals surface area (Å²) in [5.41, 5.74) is 1.06. The van der Waals surface area contributed by atoms with Crippen molar-refractivity contribution in [3.63, 3.8) is 0 Å².